The lowest BCUT2D eigenvalue weighted by atomic mass is 10.2. The number of aromatic nitrogens is 1. The summed E-state index contributed by atoms with van der Waals surface area (Å²) in [6, 6.07) is 8.06. The molecule has 1 heterocycles. The third-order valence-corrected chi connectivity index (χ3v) is 4.19. The van der Waals surface area contributed by atoms with Crippen molar-refractivity contribution >= 4 is 22.9 Å². The van der Waals surface area contributed by atoms with Crippen LogP contribution in [0.5, 0.6) is 0 Å². The van der Waals surface area contributed by atoms with Gasteiger partial charge in [0.25, 0.3) is 5.91 Å². The molecule has 1 aromatic carbocycles. The second-order valence-corrected chi connectivity index (χ2v) is 6.22. The second-order valence-electron chi connectivity index (χ2n) is 5.16. The van der Waals surface area contributed by atoms with E-state index >= 15 is 0 Å². The summed E-state index contributed by atoms with van der Waals surface area (Å²) in [5.41, 5.74) is 8.11. The Labute approximate surface area is 122 Å². The molecule has 2 N–H and O–H groups in total. The normalized spacial score (nSPS) is 14.2. The topological polar surface area (TPSA) is 59.2 Å². The zero-order chi connectivity index (χ0) is 14.1. The van der Waals surface area contributed by atoms with Crippen molar-refractivity contribution in [1.82, 2.24) is 9.88 Å². The molecule has 1 aliphatic carbocycles. The van der Waals surface area contributed by atoms with E-state index < -0.39 is 0 Å². The van der Waals surface area contributed by atoms with Crippen LogP contribution in [0.4, 0.5) is 5.69 Å². The Morgan fingerprint density at radius 2 is 2.10 bits per heavy atom. The van der Waals surface area contributed by atoms with Crippen LogP contribution in [0.2, 0.25) is 0 Å². The Balaban J connectivity index is 1.79. The fraction of sp³-hybridized carbons (Fsp3) is 0.333. The van der Waals surface area contributed by atoms with Crippen LogP contribution in [0.3, 0.4) is 0 Å². The van der Waals surface area contributed by atoms with Crippen LogP contribution in [-0.4, -0.2) is 21.8 Å². The van der Waals surface area contributed by atoms with Gasteiger partial charge in [-0.3, -0.25) is 4.79 Å². The predicted molar refractivity (Wildman–Crippen MR) is 80.6 cm³/mol. The Bertz CT molecular complexity index is 616. The number of hydrogen-bond acceptors (Lipinski definition) is 4. The van der Waals surface area contributed by atoms with Gasteiger partial charge in [-0.25, -0.2) is 4.98 Å². The van der Waals surface area contributed by atoms with E-state index in [0.717, 1.165) is 29.1 Å². The smallest absolute Gasteiger partial charge is 0.273 e. The van der Waals surface area contributed by atoms with Gasteiger partial charge in [-0.15, -0.1) is 11.3 Å². The molecule has 4 nitrogen and oxygen atoms in total. The quantitative estimate of drug-likeness (QED) is 0.880. The van der Waals surface area contributed by atoms with Crippen molar-refractivity contribution in [3.05, 3.63) is 45.9 Å². The Hall–Kier alpha value is -1.88. The number of nitrogens with zero attached hydrogens (tertiary/aromatic N) is 2. The number of nitrogens with two attached hydrogens (primary N) is 1. The van der Waals surface area contributed by atoms with Crippen LogP contribution in [0.15, 0.2) is 29.6 Å². The van der Waals surface area contributed by atoms with Crippen LogP contribution < -0.4 is 5.73 Å². The molecule has 0 bridgehead atoms. The number of carbonyl (C=O) groups is 1. The zero-order valence-electron chi connectivity index (χ0n) is 11.4. The van der Waals surface area contributed by atoms with Crippen molar-refractivity contribution in [1.29, 1.82) is 0 Å². The van der Waals surface area contributed by atoms with Crippen molar-refractivity contribution < 1.29 is 4.79 Å². The van der Waals surface area contributed by atoms with E-state index in [1.54, 1.807) is 0 Å². The van der Waals surface area contributed by atoms with E-state index in [9.17, 15) is 4.79 Å². The van der Waals surface area contributed by atoms with Crippen molar-refractivity contribution in [2.24, 2.45) is 0 Å². The summed E-state index contributed by atoms with van der Waals surface area (Å²) in [7, 11) is 0. The number of carbonyl (C=O) groups excluding carboxylic acids is 1. The maximum absolute atomic E-state index is 12.6. The highest BCUT2D eigenvalue weighted by atomic mass is 32.1. The van der Waals surface area contributed by atoms with Crippen LogP contribution in [0, 0.1) is 6.92 Å². The highest BCUT2D eigenvalue weighted by molar-refractivity contribution is 7.09. The summed E-state index contributed by atoms with van der Waals surface area (Å²) in [5, 5.41) is 2.77. The number of rotatable bonds is 4. The molecular formula is C15H17N3OS. The fourth-order valence-electron chi connectivity index (χ4n) is 2.18. The standard InChI is InChI=1S/C15H17N3OS/c1-10-17-14(9-20-10)15(19)18(13-6-7-13)8-11-2-4-12(16)5-3-11/h2-5,9,13H,6-8,16H2,1H3. The van der Waals surface area contributed by atoms with Crippen LogP contribution >= 0.6 is 11.3 Å². The van der Waals surface area contributed by atoms with Crippen LogP contribution in [0.1, 0.15) is 33.9 Å². The Morgan fingerprint density at radius 1 is 1.40 bits per heavy atom. The van der Waals surface area contributed by atoms with Gasteiger partial charge in [0, 0.05) is 23.7 Å². The van der Waals surface area contributed by atoms with Gasteiger partial charge in [-0.1, -0.05) is 12.1 Å². The molecule has 1 saturated carbocycles. The molecule has 0 spiro atoms. The third-order valence-electron chi connectivity index (χ3n) is 3.42. The minimum absolute atomic E-state index is 0.0358. The van der Waals surface area contributed by atoms with Crippen molar-refractivity contribution in [2.75, 3.05) is 5.73 Å². The van der Waals surface area contributed by atoms with Gasteiger partial charge in [0.2, 0.25) is 0 Å². The van der Waals surface area contributed by atoms with E-state index in [2.05, 4.69) is 4.98 Å². The number of anilines is 1. The number of benzene rings is 1. The molecule has 20 heavy (non-hydrogen) atoms. The molecule has 0 aliphatic heterocycles. The first-order chi connectivity index (χ1) is 9.63. The molecule has 5 heteroatoms. The Kier molecular flexibility index (Phi) is 3.44. The average molecular weight is 287 g/mol. The van der Waals surface area contributed by atoms with Gasteiger partial charge in [0.05, 0.1) is 5.01 Å². The highest BCUT2D eigenvalue weighted by Crippen LogP contribution is 2.30. The van der Waals surface area contributed by atoms with E-state index in [4.69, 9.17) is 5.73 Å². The highest BCUT2D eigenvalue weighted by Gasteiger charge is 2.33. The van der Waals surface area contributed by atoms with Gasteiger partial charge >= 0.3 is 0 Å². The summed E-state index contributed by atoms with van der Waals surface area (Å²) >= 11 is 1.52. The molecular weight excluding hydrogens is 270 g/mol. The Morgan fingerprint density at radius 3 is 2.65 bits per heavy atom. The molecule has 0 unspecified atom stereocenters. The second kappa shape index (κ2) is 5.25. The van der Waals surface area contributed by atoms with E-state index in [1.807, 2.05) is 41.5 Å². The van der Waals surface area contributed by atoms with Gasteiger partial charge in [0.15, 0.2) is 0 Å². The lowest BCUT2D eigenvalue weighted by Gasteiger charge is -2.21. The number of hydrogen-bond donors (Lipinski definition) is 1. The molecule has 1 amide bonds. The molecule has 0 saturated heterocycles. The first-order valence-electron chi connectivity index (χ1n) is 6.71. The summed E-state index contributed by atoms with van der Waals surface area (Å²) in [5.74, 6) is 0.0358. The fourth-order valence-corrected chi connectivity index (χ4v) is 2.77. The van der Waals surface area contributed by atoms with Crippen LogP contribution in [-0.2, 0) is 6.54 Å². The first-order valence-corrected chi connectivity index (χ1v) is 7.59. The van der Waals surface area contributed by atoms with Crippen LogP contribution in [0.25, 0.3) is 0 Å². The number of amides is 1. The molecule has 0 radical (unpaired) electrons. The number of aryl methyl sites for hydroxylation is 1. The molecule has 1 aliphatic rings. The predicted octanol–water partition coefficient (Wildman–Crippen LogP) is 2.84. The van der Waals surface area contributed by atoms with E-state index in [-0.39, 0.29) is 5.91 Å². The number of nitrogen functional groups attached to an aromatic ring is 1. The first kappa shape index (κ1) is 13.1. The number of thiazole rings is 1. The average Bonchev–Trinajstić information content (AvgIpc) is 3.19. The van der Waals surface area contributed by atoms with Gasteiger partial charge in [-0.2, -0.15) is 0 Å². The van der Waals surface area contributed by atoms with Gasteiger partial charge in [-0.05, 0) is 37.5 Å². The van der Waals surface area contributed by atoms with E-state index in [0.29, 0.717) is 18.3 Å². The molecule has 104 valence electrons. The summed E-state index contributed by atoms with van der Waals surface area (Å²) in [6.45, 7) is 2.54. The maximum atomic E-state index is 12.6. The third kappa shape index (κ3) is 2.82. The summed E-state index contributed by atoms with van der Waals surface area (Å²) in [4.78, 5) is 18.8. The van der Waals surface area contributed by atoms with Crippen molar-refractivity contribution in [2.45, 2.75) is 32.4 Å². The van der Waals surface area contributed by atoms with E-state index in [1.165, 1.54) is 11.3 Å². The zero-order valence-corrected chi connectivity index (χ0v) is 12.2. The largest absolute Gasteiger partial charge is 0.399 e. The summed E-state index contributed by atoms with van der Waals surface area (Å²) < 4.78 is 0. The SMILES string of the molecule is Cc1nc(C(=O)N(Cc2ccc(N)cc2)C2CC2)cs1. The molecule has 3 rings (SSSR count). The van der Waals surface area contributed by atoms with Gasteiger partial charge < -0.3 is 10.6 Å². The lowest BCUT2D eigenvalue weighted by molar-refractivity contribution is 0.0724. The molecule has 1 aromatic heterocycles. The van der Waals surface area contributed by atoms with Gasteiger partial charge in [0.1, 0.15) is 5.69 Å². The maximum Gasteiger partial charge on any atom is 0.273 e. The van der Waals surface area contributed by atoms with Crippen molar-refractivity contribution in [3.63, 3.8) is 0 Å². The molecule has 1 fully saturated rings. The minimum atomic E-state index is 0.0358. The minimum Gasteiger partial charge on any atom is -0.399 e. The molecule has 2 aromatic rings. The lowest BCUT2D eigenvalue weighted by Crippen LogP contribution is -2.32. The summed E-state index contributed by atoms with van der Waals surface area (Å²) in [6.07, 6.45) is 2.17. The van der Waals surface area contributed by atoms with Crippen molar-refractivity contribution in [3.8, 4) is 0 Å². The monoisotopic (exact) mass is 287 g/mol. The molecule has 0 atom stereocenters.